The normalized spacial score (nSPS) is 10.6. The molecule has 4 rings (SSSR count). The van der Waals surface area contributed by atoms with Gasteiger partial charge in [-0.3, -0.25) is 25.4 Å². The number of pyridine rings is 1. The van der Waals surface area contributed by atoms with Gasteiger partial charge in [0.1, 0.15) is 0 Å². The van der Waals surface area contributed by atoms with E-state index in [4.69, 9.17) is 0 Å². The van der Waals surface area contributed by atoms with E-state index in [9.17, 15) is 9.59 Å². The molecule has 2 N–H and O–H groups in total. The summed E-state index contributed by atoms with van der Waals surface area (Å²) in [7, 11) is 0. The van der Waals surface area contributed by atoms with E-state index in [0.29, 0.717) is 11.7 Å². The molecule has 0 spiro atoms. The van der Waals surface area contributed by atoms with E-state index in [1.54, 1.807) is 12.4 Å². The van der Waals surface area contributed by atoms with Gasteiger partial charge in [-0.05, 0) is 29.7 Å². The minimum Gasteiger partial charge on any atom is -0.302 e. The lowest BCUT2D eigenvalue weighted by molar-refractivity contribution is -0.127. The lowest BCUT2D eigenvalue weighted by Gasteiger charge is -2.11. The van der Waals surface area contributed by atoms with Gasteiger partial charge < -0.3 is 4.57 Å². The fraction of sp³-hybridized carbons (Fsp3) is 0.160. The first-order valence-corrected chi connectivity index (χ1v) is 11.8. The number of aryl methyl sites for hydroxylation is 1. The molecule has 0 bridgehead atoms. The van der Waals surface area contributed by atoms with Crippen molar-refractivity contribution in [3.63, 3.8) is 0 Å². The molecule has 2 heterocycles. The molecular weight excluding hydrogens is 448 g/mol. The van der Waals surface area contributed by atoms with Crippen LogP contribution in [0.4, 0.5) is 0 Å². The summed E-state index contributed by atoms with van der Waals surface area (Å²) in [6.45, 7) is 0.659. The van der Waals surface area contributed by atoms with Gasteiger partial charge in [-0.1, -0.05) is 72.4 Å². The van der Waals surface area contributed by atoms with Gasteiger partial charge in [0.2, 0.25) is 11.8 Å². The van der Waals surface area contributed by atoms with E-state index >= 15 is 0 Å². The second-order valence-electron chi connectivity index (χ2n) is 7.48. The highest BCUT2D eigenvalue weighted by Crippen LogP contribution is 2.24. The third kappa shape index (κ3) is 6.52. The zero-order valence-electron chi connectivity index (χ0n) is 18.4. The first-order chi connectivity index (χ1) is 16.7. The molecule has 0 aliphatic heterocycles. The fourth-order valence-electron chi connectivity index (χ4n) is 3.33. The second-order valence-corrected chi connectivity index (χ2v) is 8.42. The minimum atomic E-state index is -0.325. The Kier molecular flexibility index (Phi) is 8.02. The van der Waals surface area contributed by atoms with Crippen LogP contribution < -0.4 is 10.9 Å². The van der Waals surface area contributed by atoms with Crippen LogP contribution in [-0.2, 0) is 29.0 Å². The van der Waals surface area contributed by atoms with Crippen LogP contribution >= 0.6 is 11.8 Å². The number of aromatic nitrogens is 4. The quantitative estimate of drug-likeness (QED) is 0.287. The van der Waals surface area contributed by atoms with Crippen molar-refractivity contribution in [3.05, 3.63) is 96.3 Å². The van der Waals surface area contributed by atoms with Crippen molar-refractivity contribution < 1.29 is 9.59 Å². The van der Waals surface area contributed by atoms with Gasteiger partial charge in [0.25, 0.3) is 0 Å². The summed E-state index contributed by atoms with van der Waals surface area (Å²) in [5.74, 6) is 0.202. The second kappa shape index (κ2) is 11.8. The van der Waals surface area contributed by atoms with E-state index in [0.717, 1.165) is 23.4 Å². The lowest BCUT2D eigenvalue weighted by atomic mass is 10.1. The molecule has 8 nitrogen and oxygen atoms in total. The van der Waals surface area contributed by atoms with Gasteiger partial charge in [0.05, 0.1) is 12.2 Å². The minimum absolute atomic E-state index is 0.0887. The number of hydrogen-bond donors (Lipinski definition) is 2. The molecule has 34 heavy (non-hydrogen) atoms. The molecule has 2 aromatic heterocycles. The van der Waals surface area contributed by atoms with Crippen molar-refractivity contribution in [1.82, 2.24) is 30.6 Å². The molecule has 4 aromatic rings. The molecule has 0 radical (unpaired) electrons. The first kappa shape index (κ1) is 23.2. The molecule has 0 saturated heterocycles. The van der Waals surface area contributed by atoms with Gasteiger partial charge in [0.15, 0.2) is 11.0 Å². The zero-order valence-corrected chi connectivity index (χ0v) is 19.2. The average molecular weight is 473 g/mol. The Morgan fingerprint density at radius 1 is 0.794 bits per heavy atom. The van der Waals surface area contributed by atoms with Crippen molar-refractivity contribution in [2.24, 2.45) is 0 Å². The maximum absolute atomic E-state index is 12.3. The summed E-state index contributed by atoms with van der Waals surface area (Å²) in [6.07, 6.45) is 4.41. The predicted molar refractivity (Wildman–Crippen MR) is 131 cm³/mol. The summed E-state index contributed by atoms with van der Waals surface area (Å²) < 4.78 is 2.01. The van der Waals surface area contributed by atoms with Crippen LogP contribution in [0.3, 0.4) is 0 Å². The van der Waals surface area contributed by atoms with Gasteiger partial charge in [-0.25, -0.2) is 0 Å². The molecule has 0 aliphatic rings. The van der Waals surface area contributed by atoms with Crippen molar-refractivity contribution >= 4 is 23.6 Å². The molecule has 0 unspecified atom stereocenters. The smallest absolute Gasteiger partial charge is 0.248 e. The number of hydrogen-bond acceptors (Lipinski definition) is 6. The van der Waals surface area contributed by atoms with Crippen molar-refractivity contribution in [2.45, 2.75) is 24.5 Å². The van der Waals surface area contributed by atoms with Crippen LogP contribution in [-0.4, -0.2) is 37.3 Å². The Morgan fingerprint density at radius 2 is 1.44 bits per heavy atom. The molecule has 2 aromatic carbocycles. The Balaban J connectivity index is 1.37. The van der Waals surface area contributed by atoms with Crippen LogP contribution in [0, 0.1) is 0 Å². The fourth-order valence-corrected chi connectivity index (χ4v) is 4.09. The lowest BCUT2D eigenvalue weighted by Crippen LogP contribution is -2.43. The Hall–Kier alpha value is -3.98. The van der Waals surface area contributed by atoms with E-state index in [1.807, 2.05) is 65.2 Å². The first-order valence-electron chi connectivity index (χ1n) is 10.8. The molecule has 0 aliphatic carbocycles. The van der Waals surface area contributed by atoms with Crippen LogP contribution in [0.1, 0.15) is 11.1 Å². The summed E-state index contributed by atoms with van der Waals surface area (Å²) in [5.41, 5.74) is 7.90. The number of nitrogens with zero attached hydrogens (tertiary/aromatic N) is 4. The van der Waals surface area contributed by atoms with Crippen LogP contribution in [0.25, 0.3) is 11.4 Å². The number of nitrogens with one attached hydrogen (secondary N) is 2. The highest BCUT2D eigenvalue weighted by molar-refractivity contribution is 7.99. The predicted octanol–water partition coefficient (Wildman–Crippen LogP) is 3.07. The zero-order chi connectivity index (χ0) is 23.6. The van der Waals surface area contributed by atoms with Crippen molar-refractivity contribution in [3.8, 4) is 11.4 Å². The number of hydrazine groups is 1. The van der Waals surface area contributed by atoms with Gasteiger partial charge >= 0.3 is 0 Å². The van der Waals surface area contributed by atoms with E-state index in [1.165, 1.54) is 17.3 Å². The third-order valence-corrected chi connectivity index (χ3v) is 5.97. The standard InChI is InChI=1S/C25H24N6O2S/c32-22(17-20-9-5-2-6-10-20)27-28-23(33)18-34-25-30-29-24(21-11-14-26-15-12-21)31(25)16-13-19-7-3-1-4-8-19/h1-12,14-15H,13,16-18H2,(H,27,32)(H,28,33). The number of thioether (sulfide) groups is 1. The van der Waals surface area contributed by atoms with Crippen molar-refractivity contribution in [1.29, 1.82) is 0 Å². The maximum atomic E-state index is 12.3. The van der Waals surface area contributed by atoms with Crippen LogP contribution in [0.15, 0.2) is 90.3 Å². The molecule has 0 fully saturated rings. The number of amides is 2. The molecule has 0 saturated carbocycles. The number of carbonyl (C=O) groups is 2. The van der Waals surface area contributed by atoms with E-state index < -0.39 is 0 Å². The van der Waals surface area contributed by atoms with Gasteiger partial charge in [-0.15, -0.1) is 10.2 Å². The number of rotatable bonds is 9. The number of benzene rings is 2. The molecular formula is C25H24N6O2S. The van der Waals surface area contributed by atoms with E-state index in [-0.39, 0.29) is 24.0 Å². The Labute approximate surface area is 201 Å². The molecule has 172 valence electrons. The molecule has 9 heteroatoms. The summed E-state index contributed by atoms with van der Waals surface area (Å²) in [4.78, 5) is 28.5. The monoisotopic (exact) mass is 472 g/mol. The van der Waals surface area contributed by atoms with E-state index in [2.05, 4.69) is 38.2 Å². The largest absolute Gasteiger partial charge is 0.302 e. The summed E-state index contributed by atoms with van der Waals surface area (Å²) >= 11 is 1.27. The summed E-state index contributed by atoms with van der Waals surface area (Å²) in [6, 6.07) is 23.3. The molecule has 0 atom stereocenters. The van der Waals surface area contributed by atoms with Crippen LogP contribution in [0.2, 0.25) is 0 Å². The third-order valence-electron chi connectivity index (χ3n) is 5.00. The van der Waals surface area contributed by atoms with Gasteiger partial charge in [-0.2, -0.15) is 0 Å². The Bertz CT molecular complexity index is 1220. The summed E-state index contributed by atoms with van der Waals surface area (Å²) in [5, 5.41) is 9.31. The Morgan fingerprint density at radius 3 is 2.15 bits per heavy atom. The number of carbonyl (C=O) groups excluding carboxylic acids is 2. The topological polar surface area (TPSA) is 102 Å². The van der Waals surface area contributed by atoms with Gasteiger partial charge in [0, 0.05) is 24.5 Å². The van der Waals surface area contributed by atoms with Crippen LogP contribution in [0.5, 0.6) is 0 Å². The SMILES string of the molecule is O=C(CSc1nnc(-c2ccncc2)n1CCc1ccccc1)NNC(=O)Cc1ccccc1. The van der Waals surface area contributed by atoms with Crippen molar-refractivity contribution in [2.75, 3.05) is 5.75 Å². The average Bonchev–Trinajstić information content (AvgIpc) is 3.29. The maximum Gasteiger partial charge on any atom is 0.248 e. The molecule has 2 amide bonds. The highest BCUT2D eigenvalue weighted by Gasteiger charge is 2.16. The highest BCUT2D eigenvalue weighted by atomic mass is 32.2.